The Morgan fingerprint density at radius 3 is 2.61 bits per heavy atom. The van der Waals surface area contributed by atoms with Crippen LogP contribution in [0, 0.1) is 5.92 Å². The molecule has 0 unspecified atom stereocenters. The van der Waals surface area contributed by atoms with Crippen LogP contribution < -0.4 is 4.72 Å². The molecule has 18 heavy (non-hydrogen) atoms. The Morgan fingerprint density at radius 1 is 1.39 bits per heavy atom. The highest BCUT2D eigenvalue weighted by Gasteiger charge is 2.26. The Labute approximate surface area is 112 Å². The van der Waals surface area contributed by atoms with Gasteiger partial charge in [-0.1, -0.05) is 18.5 Å². The summed E-state index contributed by atoms with van der Waals surface area (Å²) in [6.07, 6.45) is 3.21. The minimum absolute atomic E-state index is 0.338. The van der Waals surface area contributed by atoms with E-state index in [4.69, 9.17) is 11.6 Å². The van der Waals surface area contributed by atoms with E-state index in [1.807, 2.05) is 0 Å². The van der Waals surface area contributed by atoms with E-state index in [9.17, 15) is 8.42 Å². The van der Waals surface area contributed by atoms with Gasteiger partial charge in [-0.05, 0) is 30.9 Å². The molecule has 1 aromatic rings. The van der Waals surface area contributed by atoms with Crippen LogP contribution in [0.25, 0.3) is 0 Å². The summed E-state index contributed by atoms with van der Waals surface area (Å²) in [4.78, 5) is 3.84. The van der Waals surface area contributed by atoms with Crippen molar-refractivity contribution in [2.45, 2.75) is 19.8 Å². The number of nitrogens with zero attached hydrogens (tertiary/aromatic N) is 2. The molecule has 0 saturated carbocycles. The maximum absolute atomic E-state index is 12.1. The van der Waals surface area contributed by atoms with E-state index < -0.39 is 10.2 Å². The molecule has 7 heteroatoms. The SMILES string of the molecule is CC1CCN(S(=O)(=O)Nc2ccc(Cl)nc2)CC1. The van der Waals surface area contributed by atoms with E-state index in [-0.39, 0.29) is 0 Å². The highest BCUT2D eigenvalue weighted by molar-refractivity contribution is 7.90. The lowest BCUT2D eigenvalue weighted by Gasteiger charge is -2.29. The number of rotatable bonds is 3. The summed E-state index contributed by atoms with van der Waals surface area (Å²) < 4.78 is 28.2. The third-order valence-corrected chi connectivity index (χ3v) is 4.82. The van der Waals surface area contributed by atoms with Crippen LogP contribution in [-0.4, -0.2) is 30.8 Å². The first-order valence-corrected chi connectivity index (χ1v) is 7.68. The molecular weight excluding hydrogens is 274 g/mol. The number of halogens is 1. The van der Waals surface area contributed by atoms with E-state index in [1.165, 1.54) is 10.5 Å². The minimum atomic E-state index is -3.47. The van der Waals surface area contributed by atoms with Gasteiger partial charge in [0.1, 0.15) is 5.15 Å². The van der Waals surface area contributed by atoms with Crippen molar-refractivity contribution in [3.8, 4) is 0 Å². The van der Waals surface area contributed by atoms with Gasteiger partial charge in [-0.2, -0.15) is 12.7 Å². The fourth-order valence-corrected chi connectivity index (χ4v) is 3.23. The maximum Gasteiger partial charge on any atom is 0.301 e. The quantitative estimate of drug-likeness (QED) is 0.867. The molecule has 0 radical (unpaired) electrons. The number of hydrogen-bond acceptors (Lipinski definition) is 3. The van der Waals surface area contributed by atoms with Gasteiger partial charge in [0.2, 0.25) is 0 Å². The summed E-state index contributed by atoms with van der Waals surface area (Å²) in [6.45, 7) is 3.27. The predicted octanol–water partition coefficient (Wildman–Crippen LogP) is 2.12. The first kappa shape index (κ1) is 13.6. The van der Waals surface area contributed by atoms with Crippen LogP contribution in [0.4, 0.5) is 5.69 Å². The first-order valence-electron chi connectivity index (χ1n) is 5.87. The molecule has 0 atom stereocenters. The van der Waals surface area contributed by atoms with E-state index in [0.717, 1.165) is 12.8 Å². The molecule has 0 amide bonds. The molecule has 0 aliphatic carbocycles. The number of nitrogens with one attached hydrogen (secondary N) is 1. The lowest BCUT2D eigenvalue weighted by atomic mass is 10.0. The lowest BCUT2D eigenvalue weighted by molar-refractivity contribution is 0.289. The molecule has 0 aromatic carbocycles. The van der Waals surface area contributed by atoms with Gasteiger partial charge < -0.3 is 0 Å². The molecular formula is C11H16ClN3O2S. The zero-order valence-electron chi connectivity index (χ0n) is 10.1. The molecule has 2 rings (SSSR count). The van der Waals surface area contributed by atoms with Crippen molar-refractivity contribution in [2.24, 2.45) is 5.92 Å². The Morgan fingerprint density at radius 2 is 2.06 bits per heavy atom. The molecule has 2 heterocycles. The fraction of sp³-hybridized carbons (Fsp3) is 0.545. The van der Waals surface area contributed by atoms with Crippen molar-refractivity contribution >= 4 is 27.5 Å². The molecule has 1 aliphatic rings. The summed E-state index contributed by atoms with van der Waals surface area (Å²) in [5, 5.41) is 0.338. The monoisotopic (exact) mass is 289 g/mol. The second-order valence-electron chi connectivity index (χ2n) is 4.56. The van der Waals surface area contributed by atoms with Crippen LogP contribution in [0.5, 0.6) is 0 Å². The Bertz CT molecular complexity index is 496. The Hall–Kier alpha value is -0.850. The van der Waals surface area contributed by atoms with Gasteiger partial charge in [-0.25, -0.2) is 4.98 Å². The highest BCUT2D eigenvalue weighted by atomic mass is 35.5. The lowest BCUT2D eigenvalue weighted by Crippen LogP contribution is -2.41. The van der Waals surface area contributed by atoms with Gasteiger partial charge in [0.15, 0.2) is 0 Å². The average molecular weight is 290 g/mol. The summed E-state index contributed by atoms with van der Waals surface area (Å²) in [7, 11) is -3.47. The van der Waals surface area contributed by atoms with Crippen molar-refractivity contribution in [2.75, 3.05) is 17.8 Å². The van der Waals surface area contributed by atoms with Crippen LogP contribution in [0.15, 0.2) is 18.3 Å². The van der Waals surface area contributed by atoms with Crippen molar-refractivity contribution in [3.05, 3.63) is 23.5 Å². The Balaban J connectivity index is 2.05. The molecule has 1 fully saturated rings. The van der Waals surface area contributed by atoms with Gasteiger partial charge >= 0.3 is 10.2 Å². The van der Waals surface area contributed by atoms with Gasteiger partial charge in [-0.3, -0.25) is 4.72 Å². The fourth-order valence-electron chi connectivity index (χ4n) is 1.87. The average Bonchev–Trinajstić information content (AvgIpc) is 2.32. The zero-order chi connectivity index (χ0) is 13.2. The van der Waals surface area contributed by atoms with Crippen LogP contribution in [0.3, 0.4) is 0 Å². The van der Waals surface area contributed by atoms with Crippen LogP contribution in [0.1, 0.15) is 19.8 Å². The van der Waals surface area contributed by atoms with Crippen molar-refractivity contribution in [3.63, 3.8) is 0 Å². The molecule has 100 valence electrons. The largest absolute Gasteiger partial charge is 0.301 e. The summed E-state index contributed by atoms with van der Waals surface area (Å²) in [6, 6.07) is 3.15. The minimum Gasteiger partial charge on any atom is -0.269 e. The number of piperidine rings is 1. The first-order chi connectivity index (χ1) is 8.47. The second kappa shape index (κ2) is 5.42. The molecule has 1 N–H and O–H groups in total. The van der Waals surface area contributed by atoms with E-state index >= 15 is 0 Å². The molecule has 0 spiro atoms. The second-order valence-corrected chi connectivity index (χ2v) is 6.62. The zero-order valence-corrected chi connectivity index (χ0v) is 11.7. The predicted molar refractivity (Wildman–Crippen MR) is 71.8 cm³/mol. The van der Waals surface area contributed by atoms with Gasteiger partial charge in [-0.15, -0.1) is 0 Å². The number of anilines is 1. The molecule has 5 nitrogen and oxygen atoms in total. The standard InChI is InChI=1S/C11H16ClN3O2S/c1-9-4-6-15(7-5-9)18(16,17)14-10-2-3-11(12)13-8-10/h2-3,8-9,14H,4-7H2,1H3. The normalized spacial score (nSPS) is 18.8. The van der Waals surface area contributed by atoms with Gasteiger partial charge in [0, 0.05) is 13.1 Å². The van der Waals surface area contributed by atoms with E-state index in [0.29, 0.717) is 29.8 Å². The molecule has 1 saturated heterocycles. The molecule has 0 bridgehead atoms. The smallest absolute Gasteiger partial charge is 0.269 e. The van der Waals surface area contributed by atoms with Crippen molar-refractivity contribution in [1.82, 2.24) is 9.29 Å². The third kappa shape index (κ3) is 3.34. The molecule has 1 aromatic heterocycles. The number of hydrogen-bond donors (Lipinski definition) is 1. The topological polar surface area (TPSA) is 62.3 Å². The van der Waals surface area contributed by atoms with Crippen molar-refractivity contribution < 1.29 is 8.42 Å². The highest BCUT2D eigenvalue weighted by Crippen LogP contribution is 2.20. The van der Waals surface area contributed by atoms with Crippen LogP contribution >= 0.6 is 11.6 Å². The number of pyridine rings is 1. The van der Waals surface area contributed by atoms with Gasteiger partial charge in [0.05, 0.1) is 11.9 Å². The van der Waals surface area contributed by atoms with Crippen molar-refractivity contribution in [1.29, 1.82) is 0 Å². The van der Waals surface area contributed by atoms with Crippen LogP contribution in [0.2, 0.25) is 5.15 Å². The molecule has 1 aliphatic heterocycles. The number of aromatic nitrogens is 1. The third-order valence-electron chi connectivity index (χ3n) is 3.06. The summed E-state index contributed by atoms with van der Waals surface area (Å²) in [5.74, 6) is 0.591. The van der Waals surface area contributed by atoms with Gasteiger partial charge in [0.25, 0.3) is 0 Å². The summed E-state index contributed by atoms with van der Waals surface area (Å²) in [5.41, 5.74) is 0.429. The van der Waals surface area contributed by atoms with Crippen LogP contribution in [-0.2, 0) is 10.2 Å². The van der Waals surface area contributed by atoms with E-state index in [2.05, 4.69) is 16.6 Å². The van der Waals surface area contributed by atoms with E-state index in [1.54, 1.807) is 12.1 Å². The summed E-state index contributed by atoms with van der Waals surface area (Å²) >= 11 is 5.65. The maximum atomic E-state index is 12.1. The Kier molecular flexibility index (Phi) is 4.09.